The quantitative estimate of drug-likeness (QED) is 0.848. The highest BCUT2D eigenvalue weighted by Crippen LogP contribution is 2.21. The maximum Gasteiger partial charge on any atom is 0.238 e. The van der Waals surface area contributed by atoms with Crippen molar-refractivity contribution in [1.29, 1.82) is 0 Å². The van der Waals surface area contributed by atoms with Crippen molar-refractivity contribution >= 4 is 11.6 Å². The van der Waals surface area contributed by atoms with Crippen LogP contribution in [0.4, 0.5) is 5.69 Å². The van der Waals surface area contributed by atoms with E-state index in [1.807, 2.05) is 36.9 Å². The summed E-state index contributed by atoms with van der Waals surface area (Å²) in [6, 6.07) is 5.95. The van der Waals surface area contributed by atoms with E-state index in [1.54, 1.807) is 6.92 Å². The van der Waals surface area contributed by atoms with E-state index in [2.05, 4.69) is 5.32 Å². The van der Waals surface area contributed by atoms with Crippen molar-refractivity contribution in [2.24, 2.45) is 0 Å². The van der Waals surface area contributed by atoms with Crippen molar-refractivity contribution in [3.8, 4) is 0 Å². The van der Waals surface area contributed by atoms with Crippen LogP contribution in [0.5, 0.6) is 0 Å². The molecular formula is C14H20N2O2. The molecule has 0 atom stereocenters. The number of nitrogens with zero attached hydrogens (tertiary/aromatic N) is 1. The fourth-order valence-electron chi connectivity index (χ4n) is 2.42. The highest BCUT2D eigenvalue weighted by atomic mass is 16.3. The summed E-state index contributed by atoms with van der Waals surface area (Å²) >= 11 is 0. The smallest absolute Gasteiger partial charge is 0.238 e. The van der Waals surface area contributed by atoms with Gasteiger partial charge in [-0.3, -0.25) is 9.69 Å². The summed E-state index contributed by atoms with van der Waals surface area (Å²) in [6.07, 6.45) is 0. The molecule has 2 rings (SSSR count). The fraction of sp³-hybridized carbons (Fsp3) is 0.500. The molecule has 1 aromatic carbocycles. The van der Waals surface area contributed by atoms with Crippen LogP contribution in [0.1, 0.15) is 18.1 Å². The average molecular weight is 248 g/mol. The number of hydrogen-bond donors (Lipinski definition) is 2. The summed E-state index contributed by atoms with van der Waals surface area (Å²) in [4.78, 5) is 13.8. The lowest BCUT2D eigenvalue weighted by Gasteiger charge is -2.43. The number of aliphatic hydroxyl groups is 1. The van der Waals surface area contributed by atoms with Crippen LogP contribution in [0.3, 0.4) is 0 Å². The zero-order valence-electron chi connectivity index (χ0n) is 11.2. The molecule has 1 saturated heterocycles. The summed E-state index contributed by atoms with van der Waals surface area (Å²) in [5.41, 5.74) is 2.41. The lowest BCUT2D eigenvalue weighted by atomic mass is 9.97. The van der Waals surface area contributed by atoms with E-state index in [4.69, 9.17) is 0 Å². The fourth-order valence-corrected chi connectivity index (χ4v) is 2.42. The third-order valence-corrected chi connectivity index (χ3v) is 3.24. The van der Waals surface area contributed by atoms with E-state index in [0.29, 0.717) is 19.6 Å². The van der Waals surface area contributed by atoms with Crippen LogP contribution in [0, 0.1) is 13.8 Å². The zero-order valence-corrected chi connectivity index (χ0v) is 11.2. The lowest BCUT2D eigenvalue weighted by Crippen LogP contribution is -2.61. The number of carbonyl (C=O) groups is 1. The third kappa shape index (κ3) is 2.89. The van der Waals surface area contributed by atoms with Crippen molar-refractivity contribution in [3.63, 3.8) is 0 Å². The summed E-state index contributed by atoms with van der Waals surface area (Å²) in [5, 5.41) is 12.5. The Morgan fingerprint density at radius 3 is 2.44 bits per heavy atom. The highest BCUT2D eigenvalue weighted by Gasteiger charge is 2.37. The molecule has 0 radical (unpaired) electrons. The molecule has 1 amide bonds. The number of para-hydroxylation sites is 1. The largest absolute Gasteiger partial charge is 0.388 e. The number of anilines is 1. The first kappa shape index (κ1) is 13.1. The predicted octanol–water partition coefficient (Wildman–Crippen LogP) is 1.31. The second-order valence-corrected chi connectivity index (χ2v) is 5.46. The first-order valence-electron chi connectivity index (χ1n) is 6.18. The minimum atomic E-state index is -0.626. The molecule has 0 unspecified atom stereocenters. The van der Waals surface area contributed by atoms with E-state index >= 15 is 0 Å². The Bertz CT molecular complexity index is 441. The maximum atomic E-state index is 11.9. The molecular weight excluding hydrogens is 228 g/mol. The van der Waals surface area contributed by atoms with Gasteiger partial charge in [0.2, 0.25) is 5.91 Å². The van der Waals surface area contributed by atoms with Crippen LogP contribution in [-0.4, -0.2) is 41.1 Å². The molecule has 18 heavy (non-hydrogen) atoms. The van der Waals surface area contributed by atoms with Gasteiger partial charge in [0.05, 0.1) is 12.1 Å². The van der Waals surface area contributed by atoms with Gasteiger partial charge in [0, 0.05) is 18.8 Å². The normalized spacial score (nSPS) is 18.2. The Hall–Kier alpha value is -1.39. The van der Waals surface area contributed by atoms with Gasteiger partial charge in [-0.05, 0) is 31.9 Å². The zero-order chi connectivity index (χ0) is 13.3. The Morgan fingerprint density at radius 1 is 1.39 bits per heavy atom. The number of rotatable bonds is 3. The van der Waals surface area contributed by atoms with E-state index in [1.165, 1.54) is 0 Å². The second kappa shape index (κ2) is 4.71. The van der Waals surface area contributed by atoms with Gasteiger partial charge in [0.1, 0.15) is 0 Å². The summed E-state index contributed by atoms with van der Waals surface area (Å²) < 4.78 is 0. The second-order valence-electron chi connectivity index (χ2n) is 5.46. The van der Waals surface area contributed by atoms with Gasteiger partial charge in [-0.15, -0.1) is 0 Å². The molecule has 0 saturated carbocycles. The Labute approximate surface area is 108 Å². The molecule has 0 aliphatic carbocycles. The predicted molar refractivity (Wildman–Crippen MR) is 71.6 cm³/mol. The summed E-state index contributed by atoms with van der Waals surface area (Å²) in [5.74, 6) is -0.0251. The number of amides is 1. The number of likely N-dealkylation sites (tertiary alicyclic amines) is 1. The molecule has 4 heteroatoms. The first-order chi connectivity index (χ1) is 8.37. The third-order valence-electron chi connectivity index (χ3n) is 3.24. The van der Waals surface area contributed by atoms with Crippen LogP contribution in [0.25, 0.3) is 0 Å². The van der Waals surface area contributed by atoms with Gasteiger partial charge in [0.25, 0.3) is 0 Å². The number of aryl methyl sites for hydroxylation is 2. The molecule has 98 valence electrons. The molecule has 1 aromatic rings. The van der Waals surface area contributed by atoms with Gasteiger partial charge < -0.3 is 10.4 Å². The Balaban J connectivity index is 1.92. The number of β-amino-alcohol motifs (C(OH)–C–C–N with tert-alkyl or cyclic N) is 1. The van der Waals surface area contributed by atoms with Crippen molar-refractivity contribution in [1.82, 2.24) is 4.90 Å². The first-order valence-corrected chi connectivity index (χ1v) is 6.18. The summed E-state index contributed by atoms with van der Waals surface area (Å²) in [7, 11) is 0. The van der Waals surface area contributed by atoms with E-state index in [-0.39, 0.29) is 5.91 Å². The van der Waals surface area contributed by atoms with Crippen LogP contribution in [0.15, 0.2) is 18.2 Å². The molecule has 0 spiro atoms. The van der Waals surface area contributed by atoms with E-state index < -0.39 is 5.60 Å². The molecule has 4 nitrogen and oxygen atoms in total. The van der Waals surface area contributed by atoms with Crippen LogP contribution in [-0.2, 0) is 4.79 Å². The average Bonchev–Trinajstić information content (AvgIpc) is 2.21. The molecule has 1 aliphatic heterocycles. The number of carbonyl (C=O) groups excluding carboxylic acids is 1. The van der Waals surface area contributed by atoms with Crippen molar-refractivity contribution in [3.05, 3.63) is 29.3 Å². The van der Waals surface area contributed by atoms with Crippen molar-refractivity contribution < 1.29 is 9.90 Å². The van der Waals surface area contributed by atoms with Crippen LogP contribution < -0.4 is 5.32 Å². The maximum absolute atomic E-state index is 11.9. The molecule has 1 fully saturated rings. The van der Waals surface area contributed by atoms with Crippen LogP contribution in [0.2, 0.25) is 0 Å². The number of benzene rings is 1. The molecule has 0 bridgehead atoms. The van der Waals surface area contributed by atoms with Crippen molar-refractivity contribution in [2.75, 3.05) is 25.0 Å². The molecule has 0 aromatic heterocycles. The summed E-state index contributed by atoms with van der Waals surface area (Å²) in [6.45, 7) is 7.21. The van der Waals surface area contributed by atoms with Crippen molar-refractivity contribution in [2.45, 2.75) is 26.4 Å². The standard InChI is InChI=1S/C14H20N2O2/c1-10-5-4-6-11(2)13(10)15-12(17)7-16-8-14(3,18)9-16/h4-6,18H,7-9H2,1-3H3,(H,15,17). The molecule has 2 N–H and O–H groups in total. The monoisotopic (exact) mass is 248 g/mol. The van der Waals surface area contributed by atoms with Gasteiger partial charge in [0.15, 0.2) is 0 Å². The number of hydrogen-bond acceptors (Lipinski definition) is 3. The van der Waals surface area contributed by atoms with Gasteiger partial charge in [-0.25, -0.2) is 0 Å². The van der Waals surface area contributed by atoms with Gasteiger partial charge >= 0.3 is 0 Å². The number of nitrogens with one attached hydrogen (secondary N) is 1. The Morgan fingerprint density at radius 2 is 1.94 bits per heavy atom. The minimum absolute atomic E-state index is 0.0251. The Kier molecular flexibility index (Phi) is 3.41. The topological polar surface area (TPSA) is 52.6 Å². The van der Waals surface area contributed by atoms with E-state index in [0.717, 1.165) is 16.8 Å². The minimum Gasteiger partial charge on any atom is -0.388 e. The molecule has 1 heterocycles. The van der Waals surface area contributed by atoms with Gasteiger partial charge in [-0.2, -0.15) is 0 Å². The van der Waals surface area contributed by atoms with E-state index in [9.17, 15) is 9.90 Å². The highest BCUT2D eigenvalue weighted by molar-refractivity contribution is 5.93. The lowest BCUT2D eigenvalue weighted by molar-refractivity contribution is -0.125. The van der Waals surface area contributed by atoms with Crippen LogP contribution >= 0.6 is 0 Å². The SMILES string of the molecule is Cc1cccc(C)c1NC(=O)CN1CC(C)(O)C1. The molecule has 1 aliphatic rings. The van der Waals surface area contributed by atoms with Gasteiger partial charge in [-0.1, -0.05) is 18.2 Å².